The van der Waals surface area contributed by atoms with E-state index in [0.29, 0.717) is 16.7 Å². The van der Waals surface area contributed by atoms with Crippen molar-refractivity contribution < 1.29 is 9.15 Å². The van der Waals surface area contributed by atoms with Crippen LogP contribution in [0, 0.1) is 0 Å². The summed E-state index contributed by atoms with van der Waals surface area (Å²) in [5.74, 6) is 2.14. The molecule has 1 atom stereocenters. The molecular weight excluding hydrogens is 428 g/mol. The second-order valence-electron chi connectivity index (χ2n) is 5.84. The molecule has 0 fully saturated rings. The van der Waals surface area contributed by atoms with Crippen molar-refractivity contribution in [3.05, 3.63) is 52.9 Å². The van der Waals surface area contributed by atoms with Gasteiger partial charge in [0, 0.05) is 21.5 Å². The number of hydrogen-bond acceptors (Lipinski definition) is 7. The zero-order chi connectivity index (χ0) is 18.6. The molecule has 138 valence electrons. The Morgan fingerprint density at radius 2 is 2.22 bits per heavy atom. The molecule has 0 saturated heterocycles. The molecule has 0 bridgehead atoms. The number of nitrogens with zero attached hydrogens (tertiary/aromatic N) is 3. The highest BCUT2D eigenvalue weighted by molar-refractivity contribution is 9.10. The van der Waals surface area contributed by atoms with Gasteiger partial charge < -0.3 is 14.5 Å². The molecule has 6 nitrogen and oxygen atoms in total. The molecule has 2 aromatic heterocycles. The number of halogens is 1. The van der Waals surface area contributed by atoms with E-state index < -0.39 is 6.23 Å². The minimum absolute atomic E-state index is 0.419. The summed E-state index contributed by atoms with van der Waals surface area (Å²) in [7, 11) is 0. The van der Waals surface area contributed by atoms with Gasteiger partial charge in [-0.3, -0.25) is 0 Å². The number of anilines is 1. The standard InChI is InChI=1S/C19H17BrN4O2S/c1-2-10-27-19-22-18-17(23-24-19)14-11-12(20)5-7-15(14)21-16(26-18)8-6-13-4-3-9-25-13/h3-9,11,16,21H,2,10H2,1H3/b8-6+/t16-/m1/s1. The molecule has 3 aromatic rings. The average molecular weight is 445 g/mol. The van der Waals surface area contributed by atoms with E-state index >= 15 is 0 Å². The molecule has 1 aliphatic rings. The number of aromatic nitrogens is 3. The predicted molar refractivity (Wildman–Crippen MR) is 110 cm³/mol. The summed E-state index contributed by atoms with van der Waals surface area (Å²) in [6.45, 7) is 2.12. The summed E-state index contributed by atoms with van der Waals surface area (Å²) in [5, 5.41) is 12.6. The fraction of sp³-hybridized carbons (Fsp3) is 0.211. The van der Waals surface area contributed by atoms with Gasteiger partial charge >= 0.3 is 0 Å². The van der Waals surface area contributed by atoms with E-state index in [4.69, 9.17) is 9.15 Å². The molecular formula is C19H17BrN4O2S. The third kappa shape index (κ3) is 4.17. The second kappa shape index (κ2) is 8.14. The fourth-order valence-electron chi connectivity index (χ4n) is 2.60. The molecule has 8 heteroatoms. The van der Waals surface area contributed by atoms with Gasteiger partial charge in [0.25, 0.3) is 0 Å². The van der Waals surface area contributed by atoms with Crippen LogP contribution in [0.15, 0.2) is 56.7 Å². The maximum absolute atomic E-state index is 6.12. The molecule has 0 radical (unpaired) electrons. The van der Waals surface area contributed by atoms with Crippen molar-refractivity contribution in [2.45, 2.75) is 24.7 Å². The summed E-state index contributed by atoms with van der Waals surface area (Å²) in [6, 6.07) is 9.66. The van der Waals surface area contributed by atoms with Crippen LogP contribution in [0.3, 0.4) is 0 Å². The molecule has 0 saturated carbocycles. The maximum Gasteiger partial charge on any atom is 0.247 e. The van der Waals surface area contributed by atoms with Crippen molar-refractivity contribution in [3.63, 3.8) is 0 Å². The van der Waals surface area contributed by atoms with Crippen LogP contribution in [0.4, 0.5) is 5.69 Å². The number of fused-ring (bicyclic) bond motifs is 3. The number of benzene rings is 1. The summed E-state index contributed by atoms with van der Waals surface area (Å²) in [5.41, 5.74) is 2.41. The van der Waals surface area contributed by atoms with Crippen molar-refractivity contribution in [1.29, 1.82) is 0 Å². The Kier molecular flexibility index (Phi) is 5.45. The summed E-state index contributed by atoms with van der Waals surface area (Å²) >= 11 is 5.09. The third-order valence-electron chi connectivity index (χ3n) is 3.82. The maximum atomic E-state index is 6.12. The predicted octanol–water partition coefficient (Wildman–Crippen LogP) is 5.24. The van der Waals surface area contributed by atoms with Crippen LogP contribution < -0.4 is 10.1 Å². The Morgan fingerprint density at radius 1 is 1.30 bits per heavy atom. The van der Waals surface area contributed by atoms with E-state index in [2.05, 4.69) is 43.4 Å². The highest BCUT2D eigenvalue weighted by atomic mass is 79.9. The Bertz CT molecular complexity index is 962. The van der Waals surface area contributed by atoms with Crippen LogP contribution >= 0.6 is 27.7 Å². The molecule has 1 N–H and O–H groups in total. The van der Waals surface area contributed by atoms with E-state index in [1.807, 2.05) is 42.5 Å². The largest absolute Gasteiger partial charge is 0.465 e. The third-order valence-corrected chi connectivity index (χ3v) is 5.36. The lowest BCUT2D eigenvalue weighted by Crippen LogP contribution is -2.23. The van der Waals surface area contributed by atoms with Crippen molar-refractivity contribution in [2.24, 2.45) is 0 Å². The second-order valence-corrected chi connectivity index (χ2v) is 7.82. The number of furan rings is 1. The SMILES string of the molecule is CCCSc1nnc2c(n1)O[C@H](/C=C/c1ccco1)Nc1ccc(Br)cc1-2. The topological polar surface area (TPSA) is 73.1 Å². The van der Waals surface area contributed by atoms with Crippen LogP contribution in [0.1, 0.15) is 19.1 Å². The van der Waals surface area contributed by atoms with E-state index in [-0.39, 0.29) is 0 Å². The number of ether oxygens (including phenoxy) is 1. The van der Waals surface area contributed by atoms with Crippen molar-refractivity contribution in [2.75, 3.05) is 11.1 Å². The molecule has 4 rings (SSSR count). The zero-order valence-electron chi connectivity index (χ0n) is 14.6. The Morgan fingerprint density at radius 3 is 3.04 bits per heavy atom. The first-order valence-electron chi connectivity index (χ1n) is 8.55. The van der Waals surface area contributed by atoms with Gasteiger partial charge in [0.2, 0.25) is 11.0 Å². The van der Waals surface area contributed by atoms with Gasteiger partial charge in [0.15, 0.2) is 11.9 Å². The fourth-order valence-corrected chi connectivity index (χ4v) is 3.59. The van der Waals surface area contributed by atoms with Crippen LogP contribution in [0.2, 0.25) is 0 Å². The molecule has 3 heterocycles. The number of hydrogen-bond donors (Lipinski definition) is 1. The van der Waals surface area contributed by atoms with Gasteiger partial charge in [-0.25, -0.2) is 0 Å². The van der Waals surface area contributed by atoms with Crippen molar-refractivity contribution in [1.82, 2.24) is 15.2 Å². The molecule has 0 aliphatic carbocycles. The molecule has 1 aliphatic heterocycles. The average Bonchev–Trinajstić information content (AvgIpc) is 3.14. The van der Waals surface area contributed by atoms with Crippen molar-refractivity contribution >= 4 is 39.5 Å². The van der Waals surface area contributed by atoms with Crippen LogP contribution in [0.5, 0.6) is 5.88 Å². The van der Waals surface area contributed by atoms with Gasteiger partial charge in [-0.2, -0.15) is 4.98 Å². The highest BCUT2D eigenvalue weighted by Gasteiger charge is 2.24. The minimum Gasteiger partial charge on any atom is -0.465 e. The Balaban J connectivity index is 1.72. The normalized spacial score (nSPS) is 15.6. The number of nitrogens with one attached hydrogen (secondary N) is 1. The lowest BCUT2D eigenvalue weighted by Gasteiger charge is -2.15. The Labute approximate surface area is 169 Å². The van der Waals surface area contributed by atoms with E-state index in [1.54, 1.807) is 18.0 Å². The molecule has 0 spiro atoms. The quantitative estimate of drug-likeness (QED) is 0.539. The van der Waals surface area contributed by atoms with Crippen LogP contribution in [-0.4, -0.2) is 27.2 Å². The van der Waals surface area contributed by atoms with Gasteiger partial charge in [-0.15, -0.1) is 10.2 Å². The van der Waals surface area contributed by atoms with E-state index in [0.717, 1.165) is 33.7 Å². The number of rotatable bonds is 5. The first kappa shape index (κ1) is 18.1. The van der Waals surface area contributed by atoms with Crippen LogP contribution in [0.25, 0.3) is 17.3 Å². The zero-order valence-corrected chi connectivity index (χ0v) is 17.0. The highest BCUT2D eigenvalue weighted by Crippen LogP contribution is 2.38. The lowest BCUT2D eigenvalue weighted by atomic mass is 10.1. The summed E-state index contributed by atoms with van der Waals surface area (Å²) < 4.78 is 12.4. The summed E-state index contributed by atoms with van der Waals surface area (Å²) in [4.78, 5) is 4.59. The van der Waals surface area contributed by atoms with Gasteiger partial charge in [-0.05, 0) is 48.9 Å². The van der Waals surface area contributed by atoms with E-state index in [1.165, 1.54) is 0 Å². The minimum atomic E-state index is -0.419. The molecule has 27 heavy (non-hydrogen) atoms. The van der Waals surface area contributed by atoms with Crippen LogP contribution in [-0.2, 0) is 0 Å². The van der Waals surface area contributed by atoms with Crippen molar-refractivity contribution in [3.8, 4) is 17.1 Å². The summed E-state index contributed by atoms with van der Waals surface area (Å²) in [6.07, 6.45) is 6.01. The molecule has 0 unspecified atom stereocenters. The van der Waals surface area contributed by atoms with Gasteiger partial charge in [-0.1, -0.05) is 34.6 Å². The Hall–Kier alpha value is -2.32. The number of thioether (sulfide) groups is 1. The van der Waals surface area contributed by atoms with Gasteiger partial charge in [0.05, 0.1) is 6.26 Å². The van der Waals surface area contributed by atoms with Gasteiger partial charge in [0.1, 0.15) is 5.76 Å². The first-order valence-corrected chi connectivity index (χ1v) is 10.3. The molecule has 0 amide bonds. The lowest BCUT2D eigenvalue weighted by molar-refractivity contribution is 0.266. The molecule has 1 aromatic carbocycles. The monoisotopic (exact) mass is 444 g/mol. The van der Waals surface area contributed by atoms with E-state index in [9.17, 15) is 0 Å². The first-order chi connectivity index (χ1) is 13.2. The smallest absolute Gasteiger partial charge is 0.247 e.